The lowest BCUT2D eigenvalue weighted by molar-refractivity contribution is 0.0968. The lowest BCUT2D eigenvalue weighted by Crippen LogP contribution is -2.19. The van der Waals surface area contributed by atoms with Gasteiger partial charge in [-0.05, 0) is 30.6 Å². The third kappa shape index (κ3) is 2.18. The third-order valence-electron chi connectivity index (χ3n) is 4.66. The van der Waals surface area contributed by atoms with Gasteiger partial charge in [0.2, 0.25) is 0 Å². The van der Waals surface area contributed by atoms with Crippen LogP contribution in [0, 0.1) is 11.8 Å². The smallest absolute Gasteiger partial charge is 0.263 e. The van der Waals surface area contributed by atoms with Crippen molar-refractivity contribution in [3.63, 3.8) is 0 Å². The summed E-state index contributed by atoms with van der Waals surface area (Å²) in [5.41, 5.74) is 8.25. The van der Waals surface area contributed by atoms with E-state index in [4.69, 9.17) is 5.73 Å². The van der Waals surface area contributed by atoms with E-state index >= 15 is 0 Å². The van der Waals surface area contributed by atoms with Crippen LogP contribution >= 0.6 is 11.3 Å². The fraction of sp³-hybridized carbons (Fsp3) is 0.667. The van der Waals surface area contributed by atoms with E-state index in [1.165, 1.54) is 23.4 Å². The second-order valence-corrected chi connectivity index (χ2v) is 7.28. The Hall–Kier alpha value is -1.23. The van der Waals surface area contributed by atoms with E-state index in [0.29, 0.717) is 22.6 Å². The molecular weight excluding hydrogens is 270 g/mol. The zero-order valence-electron chi connectivity index (χ0n) is 12.4. The van der Waals surface area contributed by atoms with E-state index in [0.717, 1.165) is 18.8 Å². The van der Waals surface area contributed by atoms with Gasteiger partial charge in [0.05, 0.1) is 10.7 Å². The molecule has 0 aromatic carbocycles. The molecule has 1 aliphatic heterocycles. The van der Waals surface area contributed by atoms with Gasteiger partial charge in [-0.2, -0.15) is 0 Å². The van der Waals surface area contributed by atoms with E-state index in [1.807, 2.05) is 0 Å². The summed E-state index contributed by atoms with van der Waals surface area (Å²) in [6.07, 6.45) is 2.42. The highest BCUT2D eigenvalue weighted by molar-refractivity contribution is 7.18. The number of nitrogen functional groups attached to an aromatic ring is 1. The van der Waals surface area contributed by atoms with Crippen molar-refractivity contribution in [3.8, 4) is 0 Å². The molecule has 0 bridgehead atoms. The van der Waals surface area contributed by atoms with E-state index in [1.54, 1.807) is 18.4 Å². The van der Waals surface area contributed by atoms with Gasteiger partial charge in [0.1, 0.15) is 4.88 Å². The molecule has 1 saturated carbocycles. The van der Waals surface area contributed by atoms with E-state index in [2.05, 4.69) is 24.1 Å². The first-order valence-electron chi connectivity index (χ1n) is 7.42. The van der Waals surface area contributed by atoms with Crippen molar-refractivity contribution in [2.24, 2.45) is 11.8 Å². The Kier molecular flexibility index (Phi) is 3.40. The van der Waals surface area contributed by atoms with Crippen LogP contribution < -0.4 is 16.0 Å². The fourth-order valence-corrected chi connectivity index (χ4v) is 4.30. The zero-order valence-corrected chi connectivity index (χ0v) is 13.2. The molecule has 0 radical (unpaired) electrons. The Morgan fingerprint density at radius 2 is 1.90 bits per heavy atom. The van der Waals surface area contributed by atoms with E-state index < -0.39 is 0 Å². The number of carbonyl (C=O) groups excluding carboxylic acids is 1. The topological polar surface area (TPSA) is 58.4 Å². The van der Waals surface area contributed by atoms with Gasteiger partial charge in [-0.1, -0.05) is 13.8 Å². The van der Waals surface area contributed by atoms with Gasteiger partial charge >= 0.3 is 0 Å². The molecule has 2 unspecified atom stereocenters. The summed E-state index contributed by atoms with van der Waals surface area (Å²) in [6.45, 7) is 6.76. The first-order chi connectivity index (χ1) is 9.52. The minimum Gasteiger partial charge on any atom is -0.397 e. The standard InChI is InChI=1S/C15H23N3OS/c1-8-6-18(7-9(8)2)15-11(10-4-5-10)12(16)13(20-15)14(19)17-3/h8-10H,4-7,16H2,1-3H3,(H,17,19). The van der Waals surface area contributed by atoms with Crippen LogP contribution in [0.2, 0.25) is 0 Å². The first kappa shape index (κ1) is 13.7. The number of amides is 1. The highest BCUT2D eigenvalue weighted by Crippen LogP contribution is 2.52. The van der Waals surface area contributed by atoms with Crippen LogP contribution in [0.15, 0.2) is 0 Å². The van der Waals surface area contributed by atoms with E-state index in [9.17, 15) is 4.79 Å². The minimum atomic E-state index is -0.0547. The van der Waals surface area contributed by atoms with Crippen molar-refractivity contribution in [1.29, 1.82) is 0 Å². The number of rotatable bonds is 3. The Balaban J connectivity index is 1.99. The van der Waals surface area contributed by atoms with Crippen molar-refractivity contribution in [1.82, 2.24) is 5.32 Å². The second-order valence-electron chi connectivity index (χ2n) is 6.28. The van der Waals surface area contributed by atoms with Crippen LogP contribution in [0.5, 0.6) is 0 Å². The van der Waals surface area contributed by atoms with Gasteiger partial charge in [-0.25, -0.2) is 0 Å². The van der Waals surface area contributed by atoms with E-state index in [-0.39, 0.29) is 5.91 Å². The number of hydrogen-bond acceptors (Lipinski definition) is 4. The normalized spacial score (nSPS) is 26.1. The molecule has 3 rings (SSSR count). The van der Waals surface area contributed by atoms with Crippen LogP contribution in [-0.2, 0) is 0 Å². The predicted octanol–water partition coefficient (Wildman–Crippen LogP) is 2.66. The molecule has 20 heavy (non-hydrogen) atoms. The number of hydrogen-bond donors (Lipinski definition) is 2. The van der Waals surface area contributed by atoms with Crippen LogP contribution in [0.1, 0.15) is 47.8 Å². The van der Waals surface area contributed by atoms with Crippen LogP contribution in [-0.4, -0.2) is 26.0 Å². The number of carbonyl (C=O) groups is 1. The highest BCUT2D eigenvalue weighted by atomic mass is 32.1. The van der Waals surface area contributed by atoms with Crippen molar-refractivity contribution in [2.75, 3.05) is 30.8 Å². The molecule has 2 fully saturated rings. The zero-order chi connectivity index (χ0) is 14.4. The molecule has 1 saturated heterocycles. The Morgan fingerprint density at radius 3 is 2.40 bits per heavy atom. The number of nitrogens with one attached hydrogen (secondary N) is 1. The maximum atomic E-state index is 12.0. The first-order valence-corrected chi connectivity index (χ1v) is 8.23. The largest absolute Gasteiger partial charge is 0.397 e. The van der Waals surface area contributed by atoms with Crippen molar-refractivity contribution < 1.29 is 4.79 Å². The van der Waals surface area contributed by atoms with Crippen molar-refractivity contribution in [3.05, 3.63) is 10.4 Å². The Labute approximate surface area is 124 Å². The van der Waals surface area contributed by atoms with Gasteiger partial charge in [-0.15, -0.1) is 11.3 Å². The molecule has 0 spiro atoms. The molecule has 1 aliphatic carbocycles. The molecule has 2 heterocycles. The van der Waals surface area contributed by atoms with Gasteiger partial charge in [-0.3, -0.25) is 4.79 Å². The summed E-state index contributed by atoms with van der Waals surface area (Å²) in [7, 11) is 1.66. The lowest BCUT2D eigenvalue weighted by Gasteiger charge is -2.18. The summed E-state index contributed by atoms with van der Waals surface area (Å²) in [5.74, 6) is 1.93. The van der Waals surface area contributed by atoms with Crippen molar-refractivity contribution >= 4 is 27.9 Å². The summed E-state index contributed by atoms with van der Waals surface area (Å²) >= 11 is 1.58. The number of nitrogens with zero attached hydrogens (tertiary/aromatic N) is 1. The van der Waals surface area contributed by atoms with Gasteiger partial charge in [0.25, 0.3) is 5.91 Å². The molecule has 1 amide bonds. The molecule has 4 nitrogen and oxygen atoms in total. The van der Waals surface area contributed by atoms with Crippen molar-refractivity contribution in [2.45, 2.75) is 32.6 Å². The summed E-state index contributed by atoms with van der Waals surface area (Å²) in [4.78, 5) is 15.1. The highest BCUT2D eigenvalue weighted by Gasteiger charge is 2.37. The maximum Gasteiger partial charge on any atom is 0.263 e. The van der Waals surface area contributed by atoms with Gasteiger partial charge in [0, 0.05) is 25.7 Å². The molecule has 2 atom stereocenters. The molecule has 1 aromatic heterocycles. The van der Waals surface area contributed by atoms with Crippen LogP contribution in [0.4, 0.5) is 10.7 Å². The lowest BCUT2D eigenvalue weighted by atomic mass is 10.0. The number of anilines is 2. The van der Waals surface area contributed by atoms with Crippen LogP contribution in [0.25, 0.3) is 0 Å². The quantitative estimate of drug-likeness (QED) is 0.901. The SMILES string of the molecule is CNC(=O)c1sc(N2CC(C)C(C)C2)c(C2CC2)c1N. The number of nitrogens with two attached hydrogens (primary N) is 1. The van der Waals surface area contributed by atoms with Crippen LogP contribution in [0.3, 0.4) is 0 Å². The molecule has 110 valence electrons. The summed E-state index contributed by atoms with van der Waals surface area (Å²) in [5, 5.41) is 3.95. The minimum absolute atomic E-state index is 0.0547. The maximum absolute atomic E-state index is 12.0. The second kappa shape index (κ2) is 4.95. The Bertz CT molecular complexity index is 525. The van der Waals surface area contributed by atoms with Gasteiger partial charge < -0.3 is 16.0 Å². The monoisotopic (exact) mass is 293 g/mol. The average molecular weight is 293 g/mol. The molecule has 1 aromatic rings. The Morgan fingerprint density at radius 1 is 1.30 bits per heavy atom. The van der Waals surface area contributed by atoms with Gasteiger partial charge in [0.15, 0.2) is 0 Å². The predicted molar refractivity (Wildman–Crippen MR) is 84.6 cm³/mol. The average Bonchev–Trinajstić information content (AvgIpc) is 3.12. The molecule has 3 N–H and O–H groups in total. The summed E-state index contributed by atoms with van der Waals surface area (Å²) < 4.78 is 0. The summed E-state index contributed by atoms with van der Waals surface area (Å²) in [6, 6.07) is 0. The number of thiophene rings is 1. The third-order valence-corrected chi connectivity index (χ3v) is 5.94. The molecular formula is C15H23N3OS. The fourth-order valence-electron chi connectivity index (χ4n) is 3.02. The molecule has 5 heteroatoms. The molecule has 2 aliphatic rings.